The fourth-order valence-electron chi connectivity index (χ4n) is 2.45. The zero-order valence-electron chi connectivity index (χ0n) is 13.7. The van der Waals surface area contributed by atoms with E-state index in [4.69, 9.17) is 9.47 Å². The Morgan fingerprint density at radius 2 is 2.04 bits per heavy atom. The van der Waals surface area contributed by atoms with Crippen molar-refractivity contribution in [2.75, 3.05) is 7.11 Å². The molecule has 0 saturated carbocycles. The van der Waals surface area contributed by atoms with Crippen molar-refractivity contribution in [1.82, 2.24) is 9.38 Å². The molecule has 128 valence electrons. The second-order valence-corrected chi connectivity index (χ2v) is 6.23. The van der Waals surface area contributed by atoms with Gasteiger partial charge in [0.15, 0.2) is 0 Å². The topological polar surface area (TPSA) is 69.9 Å². The summed E-state index contributed by atoms with van der Waals surface area (Å²) in [6.45, 7) is 1.75. The molecule has 0 amide bonds. The fourth-order valence-corrected chi connectivity index (χ4v) is 2.99. The van der Waals surface area contributed by atoms with Crippen LogP contribution in [0, 0.1) is 6.92 Å². The first-order valence-electron chi connectivity index (χ1n) is 7.48. The van der Waals surface area contributed by atoms with E-state index in [1.54, 1.807) is 31.4 Å². The summed E-state index contributed by atoms with van der Waals surface area (Å²) >= 11 is 3.33. The number of carbonyl (C=O) groups is 1. The molecule has 0 unspecified atom stereocenters. The van der Waals surface area contributed by atoms with Crippen molar-refractivity contribution in [3.05, 3.63) is 74.2 Å². The summed E-state index contributed by atoms with van der Waals surface area (Å²) in [5, 5.41) is 0. The fraction of sp³-hybridized carbons (Fsp3) is 0.167. The minimum absolute atomic E-state index is 0.0812. The maximum atomic E-state index is 12.2. The Balaban J connectivity index is 1.79. The number of aryl methyl sites for hydroxylation is 1. The first-order valence-corrected chi connectivity index (χ1v) is 8.28. The molecular formula is C18H15BrN2O4. The number of halogens is 1. The normalized spacial score (nSPS) is 10.7. The van der Waals surface area contributed by atoms with Crippen molar-refractivity contribution in [3.8, 4) is 5.75 Å². The van der Waals surface area contributed by atoms with E-state index >= 15 is 0 Å². The number of hydrogen-bond donors (Lipinski definition) is 0. The molecule has 2 aromatic heterocycles. The van der Waals surface area contributed by atoms with Gasteiger partial charge in [0, 0.05) is 11.8 Å². The molecule has 0 radical (unpaired) electrons. The van der Waals surface area contributed by atoms with E-state index in [1.807, 2.05) is 19.1 Å². The maximum absolute atomic E-state index is 12.2. The number of fused-ring (bicyclic) bond motifs is 1. The Bertz CT molecular complexity index is 1010. The Hall–Kier alpha value is -2.67. The van der Waals surface area contributed by atoms with Crippen molar-refractivity contribution < 1.29 is 14.3 Å². The molecule has 0 N–H and O–H groups in total. The molecule has 7 heteroatoms. The number of methoxy groups -OCH3 is 1. The highest BCUT2D eigenvalue weighted by molar-refractivity contribution is 9.10. The number of nitrogens with zero attached hydrogens (tertiary/aromatic N) is 2. The van der Waals surface area contributed by atoms with Gasteiger partial charge in [0.1, 0.15) is 18.0 Å². The third-order valence-electron chi connectivity index (χ3n) is 3.67. The average molecular weight is 403 g/mol. The second kappa shape index (κ2) is 7.06. The molecule has 0 aliphatic heterocycles. The van der Waals surface area contributed by atoms with Crippen LogP contribution in [-0.4, -0.2) is 22.5 Å². The van der Waals surface area contributed by atoms with Gasteiger partial charge in [-0.1, -0.05) is 6.07 Å². The summed E-state index contributed by atoms with van der Waals surface area (Å²) < 4.78 is 12.6. The number of esters is 1. The Morgan fingerprint density at radius 3 is 2.76 bits per heavy atom. The number of benzene rings is 1. The smallest absolute Gasteiger partial charge is 0.338 e. The van der Waals surface area contributed by atoms with Crippen LogP contribution in [0.3, 0.4) is 0 Å². The molecule has 3 rings (SSSR count). The van der Waals surface area contributed by atoms with Gasteiger partial charge in [0.05, 0.1) is 22.8 Å². The summed E-state index contributed by atoms with van der Waals surface area (Å²) in [5.41, 5.74) is 1.88. The molecule has 6 nitrogen and oxygen atoms in total. The van der Waals surface area contributed by atoms with Crippen LogP contribution >= 0.6 is 15.9 Å². The zero-order valence-corrected chi connectivity index (χ0v) is 15.2. The van der Waals surface area contributed by atoms with E-state index < -0.39 is 5.97 Å². The van der Waals surface area contributed by atoms with E-state index in [0.29, 0.717) is 27.1 Å². The van der Waals surface area contributed by atoms with Crippen LogP contribution in [0.15, 0.2) is 51.7 Å². The van der Waals surface area contributed by atoms with Gasteiger partial charge in [0.25, 0.3) is 5.56 Å². The minimum atomic E-state index is -0.505. The van der Waals surface area contributed by atoms with Gasteiger partial charge in [-0.15, -0.1) is 0 Å². The quantitative estimate of drug-likeness (QED) is 0.626. The molecular weight excluding hydrogens is 388 g/mol. The van der Waals surface area contributed by atoms with Gasteiger partial charge in [-0.2, -0.15) is 0 Å². The number of hydrogen-bond acceptors (Lipinski definition) is 5. The number of rotatable bonds is 4. The Kier molecular flexibility index (Phi) is 4.85. The molecule has 0 atom stereocenters. The summed E-state index contributed by atoms with van der Waals surface area (Å²) in [7, 11) is 1.55. The number of carbonyl (C=O) groups excluding carboxylic acids is 1. The lowest BCUT2D eigenvalue weighted by molar-refractivity contribution is 0.0467. The molecule has 0 saturated heterocycles. The molecule has 2 heterocycles. The van der Waals surface area contributed by atoms with Crippen molar-refractivity contribution >= 4 is 27.5 Å². The highest BCUT2D eigenvalue weighted by Gasteiger charge is 2.12. The molecule has 0 spiro atoms. The van der Waals surface area contributed by atoms with Crippen LogP contribution < -0.4 is 10.3 Å². The third kappa shape index (κ3) is 3.56. The van der Waals surface area contributed by atoms with E-state index in [-0.39, 0.29) is 12.2 Å². The molecule has 0 aliphatic rings. The summed E-state index contributed by atoms with van der Waals surface area (Å²) in [4.78, 5) is 28.8. The average Bonchev–Trinajstić information content (AvgIpc) is 2.59. The van der Waals surface area contributed by atoms with Crippen LogP contribution in [0.25, 0.3) is 5.65 Å². The molecule has 0 bridgehead atoms. The van der Waals surface area contributed by atoms with Gasteiger partial charge in [-0.3, -0.25) is 9.20 Å². The highest BCUT2D eigenvalue weighted by Crippen LogP contribution is 2.25. The summed E-state index contributed by atoms with van der Waals surface area (Å²) in [6.07, 6.45) is 0. The second-order valence-electron chi connectivity index (χ2n) is 5.37. The van der Waals surface area contributed by atoms with Crippen molar-refractivity contribution in [3.63, 3.8) is 0 Å². The van der Waals surface area contributed by atoms with E-state index in [9.17, 15) is 9.59 Å². The molecule has 0 aliphatic carbocycles. The Labute approximate surface area is 152 Å². The molecule has 0 fully saturated rings. The van der Waals surface area contributed by atoms with E-state index in [1.165, 1.54) is 10.5 Å². The van der Waals surface area contributed by atoms with Crippen molar-refractivity contribution in [2.24, 2.45) is 0 Å². The van der Waals surface area contributed by atoms with Gasteiger partial charge in [-0.05, 0) is 53.2 Å². The van der Waals surface area contributed by atoms with Gasteiger partial charge in [-0.25, -0.2) is 9.78 Å². The maximum Gasteiger partial charge on any atom is 0.338 e. The summed E-state index contributed by atoms with van der Waals surface area (Å²) in [6, 6.07) is 11.7. The lowest BCUT2D eigenvalue weighted by Crippen LogP contribution is -2.18. The van der Waals surface area contributed by atoms with Crippen molar-refractivity contribution in [2.45, 2.75) is 13.5 Å². The lowest BCUT2D eigenvalue weighted by atomic mass is 10.2. The minimum Gasteiger partial charge on any atom is -0.496 e. The van der Waals surface area contributed by atoms with Gasteiger partial charge < -0.3 is 9.47 Å². The monoisotopic (exact) mass is 402 g/mol. The molecule has 1 aromatic carbocycles. The third-order valence-corrected chi connectivity index (χ3v) is 4.29. The van der Waals surface area contributed by atoms with E-state index in [0.717, 1.165) is 5.69 Å². The molecule has 25 heavy (non-hydrogen) atoms. The van der Waals surface area contributed by atoms with Crippen LogP contribution in [0.1, 0.15) is 21.7 Å². The predicted octanol–water partition coefficient (Wildman–Crippen LogP) is 3.13. The first-order chi connectivity index (χ1) is 12.0. The zero-order chi connectivity index (χ0) is 18.0. The van der Waals surface area contributed by atoms with Gasteiger partial charge >= 0.3 is 5.97 Å². The highest BCUT2D eigenvalue weighted by atomic mass is 79.9. The van der Waals surface area contributed by atoms with Gasteiger partial charge in [0.2, 0.25) is 0 Å². The van der Waals surface area contributed by atoms with E-state index in [2.05, 4.69) is 20.9 Å². The van der Waals surface area contributed by atoms with Crippen LogP contribution in [0.5, 0.6) is 5.75 Å². The van der Waals surface area contributed by atoms with Crippen LogP contribution in [0.4, 0.5) is 0 Å². The lowest BCUT2D eigenvalue weighted by Gasteiger charge is -2.08. The van der Waals surface area contributed by atoms with Crippen LogP contribution in [0.2, 0.25) is 0 Å². The SMILES string of the molecule is COc1ccc(C(=O)OCc2cc(=O)n3c(C)cccc3n2)cc1Br. The summed E-state index contributed by atoms with van der Waals surface area (Å²) in [5.74, 6) is 0.116. The first kappa shape index (κ1) is 17.2. The predicted molar refractivity (Wildman–Crippen MR) is 96.0 cm³/mol. The number of pyridine rings is 1. The van der Waals surface area contributed by atoms with Crippen LogP contribution in [-0.2, 0) is 11.3 Å². The standard InChI is InChI=1S/C18H15BrN2O4/c1-11-4-3-5-16-20-13(9-17(22)21(11)16)10-25-18(23)12-6-7-15(24-2)14(19)8-12/h3-9H,10H2,1-2H3. The Morgan fingerprint density at radius 1 is 1.24 bits per heavy atom. The number of ether oxygens (including phenoxy) is 2. The van der Waals surface area contributed by atoms with Crippen molar-refractivity contribution in [1.29, 1.82) is 0 Å². The molecule has 3 aromatic rings. The number of aromatic nitrogens is 2. The largest absolute Gasteiger partial charge is 0.496 e.